The molecule has 2 N–H and O–H groups in total. The number of rotatable bonds is 8. The van der Waals surface area contributed by atoms with Crippen molar-refractivity contribution in [1.82, 2.24) is 25.6 Å². The number of aryl methyl sites for hydroxylation is 2. The van der Waals surface area contributed by atoms with Crippen molar-refractivity contribution < 1.29 is 14.3 Å². The summed E-state index contributed by atoms with van der Waals surface area (Å²) in [5.41, 5.74) is 8.01. The summed E-state index contributed by atoms with van der Waals surface area (Å²) in [7, 11) is 0. The van der Waals surface area contributed by atoms with Crippen molar-refractivity contribution in [3.63, 3.8) is 0 Å². The van der Waals surface area contributed by atoms with Gasteiger partial charge in [-0.15, -0.1) is 10.2 Å². The lowest BCUT2D eigenvalue weighted by Gasteiger charge is -2.17. The molecule has 9 heteroatoms. The number of hydrogen-bond acceptors (Lipinski definition) is 6. The van der Waals surface area contributed by atoms with Crippen molar-refractivity contribution in [2.45, 2.75) is 45.5 Å². The minimum Gasteiger partial charge on any atom is -0.481 e. The Balaban J connectivity index is 1.48. The maximum Gasteiger partial charge on any atom is 0.279 e. The van der Waals surface area contributed by atoms with E-state index in [-0.39, 0.29) is 11.7 Å². The second-order valence-corrected chi connectivity index (χ2v) is 8.33. The number of amides is 2. The predicted octanol–water partition coefficient (Wildman–Crippen LogP) is 2.96. The van der Waals surface area contributed by atoms with Crippen molar-refractivity contribution in [3.8, 4) is 5.75 Å². The van der Waals surface area contributed by atoms with Crippen molar-refractivity contribution in [3.05, 3.63) is 71.0 Å². The first-order valence-corrected chi connectivity index (χ1v) is 11.2. The maximum atomic E-state index is 12.3. The number of nitrogens with one attached hydrogen (secondary N) is 2. The Labute approximate surface area is 191 Å². The zero-order chi connectivity index (χ0) is 23.1. The smallest absolute Gasteiger partial charge is 0.279 e. The Morgan fingerprint density at radius 1 is 1.03 bits per heavy atom. The summed E-state index contributed by atoms with van der Waals surface area (Å²) in [6.07, 6.45) is -0.764. The first kappa shape index (κ1) is 23.3. The molecule has 2 aromatic carbocycles. The SMILES string of the molecule is Cc1cccc(OC(C)C(=O)NNC(=O)CSc2nnc(C)n2Cc2ccccc2)c1C. The first-order chi connectivity index (χ1) is 15.3. The molecule has 0 aliphatic carbocycles. The lowest BCUT2D eigenvalue weighted by atomic mass is 10.1. The van der Waals surface area contributed by atoms with Gasteiger partial charge in [0, 0.05) is 0 Å². The Morgan fingerprint density at radius 3 is 2.53 bits per heavy atom. The highest BCUT2D eigenvalue weighted by molar-refractivity contribution is 7.99. The van der Waals surface area contributed by atoms with Crippen molar-refractivity contribution >= 4 is 23.6 Å². The quantitative estimate of drug-likeness (QED) is 0.402. The molecule has 1 atom stereocenters. The number of carbonyl (C=O) groups excluding carboxylic acids is 2. The van der Waals surface area contributed by atoms with E-state index in [1.165, 1.54) is 11.8 Å². The second kappa shape index (κ2) is 10.8. The standard InChI is InChI=1S/C23H27N5O3S/c1-15-9-8-12-20(16(15)2)31-17(3)22(30)26-25-21(29)14-32-23-27-24-18(4)28(23)13-19-10-6-5-7-11-19/h5-12,17H,13-14H2,1-4H3,(H,25,29)(H,26,30). The van der Waals surface area contributed by atoms with Crippen LogP contribution >= 0.6 is 11.8 Å². The summed E-state index contributed by atoms with van der Waals surface area (Å²) in [5.74, 6) is 0.700. The van der Waals surface area contributed by atoms with E-state index < -0.39 is 12.0 Å². The van der Waals surface area contributed by atoms with Gasteiger partial charge in [0.05, 0.1) is 12.3 Å². The molecule has 32 heavy (non-hydrogen) atoms. The van der Waals surface area contributed by atoms with Gasteiger partial charge in [-0.1, -0.05) is 54.2 Å². The summed E-state index contributed by atoms with van der Waals surface area (Å²) in [6.45, 7) is 8.04. The van der Waals surface area contributed by atoms with Crippen LogP contribution in [0, 0.1) is 20.8 Å². The number of nitrogens with zero attached hydrogens (tertiary/aromatic N) is 3. The van der Waals surface area contributed by atoms with Crippen LogP contribution in [0.2, 0.25) is 0 Å². The predicted molar refractivity (Wildman–Crippen MR) is 123 cm³/mol. The van der Waals surface area contributed by atoms with Gasteiger partial charge in [-0.05, 0) is 50.5 Å². The van der Waals surface area contributed by atoms with Crippen LogP contribution in [-0.2, 0) is 16.1 Å². The van der Waals surface area contributed by atoms with E-state index in [4.69, 9.17) is 4.74 Å². The van der Waals surface area contributed by atoms with E-state index in [2.05, 4.69) is 21.0 Å². The van der Waals surface area contributed by atoms with E-state index in [0.717, 1.165) is 22.5 Å². The summed E-state index contributed by atoms with van der Waals surface area (Å²) in [4.78, 5) is 24.5. The van der Waals surface area contributed by atoms with Gasteiger partial charge in [-0.3, -0.25) is 20.4 Å². The van der Waals surface area contributed by atoms with Crippen LogP contribution in [0.3, 0.4) is 0 Å². The molecule has 1 aromatic heterocycles. The molecular formula is C23H27N5O3S. The summed E-state index contributed by atoms with van der Waals surface area (Å²) in [6, 6.07) is 15.6. The van der Waals surface area contributed by atoms with Gasteiger partial charge >= 0.3 is 0 Å². The molecule has 2 amide bonds. The fourth-order valence-electron chi connectivity index (χ4n) is 2.91. The van der Waals surface area contributed by atoms with Crippen LogP contribution in [0.1, 0.15) is 29.4 Å². The number of aromatic nitrogens is 3. The number of hydrazine groups is 1. The monoisotopic (exact) mass is 453 g/mol. The first-order valence-electron chi connectivity index (χ1n) is 10.2. The molecule has 0 spiro atoms. The highest BCUT2D eigenvalue weighted by Crippen LogP contribution is 2.22. The third-order valence-electron chi connectivity index (χ3n) is 4.97. The number of benzene rings is 2. The van der Waals surface area contributed by atoms with Crippen LogP contribution in [0.15, 0.2) is 53.7 Å². The van der Waals surface area contributed by atoms with Crippen molar-refractivity contribution in [2.24, 2.45) is 0 Å². The Kier molecular flexibility index (Phi) is 7.88. The van der Waals surface area contributed by atoms with Gasteiger partial charge in [0.1, 0.15) is 11.6 Å². The maximum absolute atomic E-state index is 12.3. The van der Waals surface area contributed by atoms with E-state index >= 15 is 0 Å². The minimum absolute atomic E-state index is 0.0828. The Morgan fingerprint density at radius 2 is 1.78 bits per heavy atom. The zero-order valence-electron chi connectivity index (χ0n) is 18.6. The van der Waals surface area contributed by atoms with Gasteiger partial charge < -0.3 is 9.30 Å². The topological polar surface area (TPSA) is 98.1 Å². The summed E-state index contributed by atoms with van der Waals surface area (Å²) < 4.78 is 7.68. The molecule has 3 rings (SSSR count). The number of hydrogen-bond donors (Lipinski definition) is 2. The molecule has 0 aliphatic rings. The largest absolute Gasteiger partial charge is 0.481 e. The third kappa shape index (κ3) is 6.10. The lowest BCUT2D eigenvalue weighted by molar-refractivity contribution is -0.131. The van der Waals surface area contributed by atoms with Crippen LogP contribution in [-0.4, -0.2) is 38.4 Å². The molecule has 0 radical (unpaired) electrons. The fraction of sp³-hybridized carbons (Fsp3) is 0.304. The van der Waals surface area contributed by atoms with E-state index in [9.17, 15) is 9.59 Å². The zero-order valence-corrected chi connectivity index (χ0v) is 19.4. The van der Waals surface area contributed by atoms with Crippen LogP contribution in [0.25, 0.3) is 0 Å². The summed E-state index contributed by atoms with van der Waals surface area (Å²) >= 11 is 1.26. The average molecular weight is 454 g/mol. The van der Waals surface area contributed by atoms with Crippen LogP contribution < -0.4 is 15.6 Å². The van der Waals surface area contributed by atoms with Gasteiger partial charge in [0.15, 0.2) is 11.3 Å². The highest BCUT2D eigenvalue weighted by atomic mass is 32.2. The van der Waals surface area contributed by atoms with E-state index in [1.807, 2.05) is 73.9 Å². The molecule has 0 aliphatic heterocycles. The van der Waals surface area contributed by atoms with Gasteiger partial charge in [0.25, 0.3) is 5.91 Å². The Bertz CT molecular complexity index is 1080. The Hall–Kier alpha value is -3.33. The molecule has 0 saturated carbocycles. The van der Waals surface area contributed by atoms with E-state index in [1.54, 1.807) is 6.92 Å². The number of ether oxygens (including phenoxy) is 1. The lowest BCUT2D eigenvalue weighted by Crippen LogP contribution is -2.47. The van der Waals surface area contributed by atoms with Crippen LogP contribution in [0.5, 0.6) is 5.75 Å². The third-order valence-corrected chi connectivity index (χ3v) is 5.94. The minimum atomic E-state index is -0.764. The molecule has 0 fully saturated rings. The molecule has 168 valence electrons. The molecule has 1 unspecified atom stereocenters. The second-order valence-electron chi connectivity index (χ2n) is 7.39. The van der Waals surface area contributed by atoms with Crippen LogP contribution in [0.4, 0.5) is 0 Å². The number of carbonyl (C=O) groups is 2. The molecule has 3 aromatic rings. The van der Waals surface area contributed by atoms with Crippen molar-refractivity contribution in [1.29, 1.82) is 0 Å². The number of thioether (sulfide) groups is 1. The molecule has 8 nitrogen and oxygen atoms in total. The molecular weight excluding hydrogens is 426 g/mol. The normalized spacial score (nSPS) is 11.6. The molecule has 0 bridgehead atoms. The van der Waals surface area contributed by atoms with Gasteiger partial charge in [-0.2, -0.15) is 0 Å². The van der Waals surface area contributed by atoms with E-state index in [0.29, 0.717) is 17.5 Å². The molecule has 1 heterocycles. The van der Waals surface area contributed by atoms with Crippen molar-refractivity contribution in [2.75, 3.05) is 5.75 Å². The average Bonchev–Trinajstić information content (AvgIpc) is 3.13. The summed E-state index contributed by atoms with van der Waals surface area (Å²) in [5, 5.41) is 8.91. The van der Waals surface area contributed by atoms with Gasteiger partial charge in [0.2, 0.25) is 5.91 Å². The molecule has 0 saturated heterocycles. The van der Waals surface area contributed by atoms with Gasteiger partial charge in [-0.25, -0.2) is 0 Å². The highest BCUT2D eigenvalue weighted by Gasteiger charge is 2.17. The fourth-order valence-corrected chi connectivity index (χ4v) is 3.69.